The zero-order valence-corrected chi connectivity index (χ0v) is 21.2. The Morgan fingerprint density at radius 1 is 1.06 bits per heavy atom. The van der Waals surface area contributed by atoms with Gasteiger partial charge in [-0.15, -0.1) is 0 Å². The standard InChI is InChI=1S/C26H28N4O4Si/c1-34-22-8-5-18(6-9-22)25(29-24(32)17-30-13-11-21(31)12-14-30)26(33)28-20-7-10-23(35(2,3)4)19(15-20)16-27/h5-15,25H,17H2,1-4H3,(H,28,33)(H,29,32). The number of carbonyl (C=O) groups excluding carboxylic acids is 2. The molecule has 1 unspecified atom stereocenters. The van der Waals surface area contributed by atoms with E-state index in [4.69, 9.17) is 4.74 Å². The van der Waals surface area contributed by atoms with Crippen molar-refractivity contribution in [3.05, 3.63) is 88.3 Å². The zero-order valence-electron chi connectivity index (χ0n) is 20.2. The molecule has 8 nitrogen and oxygen atoms in total. The lowest BCUT2D eigenvalue weighted by molar-refractivity contribution is -0.127. The molecular weight excluding hydrogens is 460 g/mol. The minimum absolute atomic E-state index is 0.0658. The summed E-state index contributed by atoms with van der Waals surface area (Å²) in [5.41, 5.74) is 1.41. The average molecular weight is 489 g/mol. The molecule has 0 saturated carbocycles. The number of rotatable bonds is 8. The highest BCUT2D eigenvalue weighted by molar-refractivity contribution is 6.89. The Kier molecular flexibility index (Phi) is 7.89. The van der Waals surface area contributed by atoms with Crippen molar-refractivity contribution < 1.29 is 14.3 Å². The molecule has 1 aromatic heterocycles. The number of anilines is 1. The minimum atomic E-state index is -1.73. The molecule has 0 spiro atoms. The van der Waals surface area contributed by atoms with Crippen LogP contribution in [0.5, 0.6) is 5.75 Å². The van der Waals surface area contributed by atoms with Crippen molar-refractivity contribution in [1.29, 1.82) is 5.26 Å². The Hall–Kier alpha value is -4.16. The average Bonchev–Trinajstić information content (AvgIpc) is 2.83. The van der Waals surface area contributed by atoms with E-state index >= 15 is 0 Å². The third-order valence-corrected chi connectivity index (χ3v) is 7.47. The molecule has 0 radical (unpaired) electrons. The van der Waals surface area contributed by atoms with Crippen molar-refractivity contribution in [1.82, 2.24) is 9.88 Å². The topological polar surface area (TPSA) is 113 Å². The van der Waals surface area contributed by atoms with Crippen molar-refractivity contribution in [3.8, 4) is 11.8 Å². The number of methoxy groups -OCH3 is 1. The summed E-state index contributed by atoms with van der Waals surface area (Å²) in [4.78, 5) is 37.4. The number of aromatic nitrogens is 1. The van der Waals surface area contributed by atoms with Crippen molar-refractivity contribution in [2.75, 3.05) is 12.4 Å². The van der Waals surface area contributed by atoms with Crippen molar-refractivity contribution in [3.63, 3.8) is 0 Å². The molecule has 180 valence electrons. The van der Waals surface area contributed by atoms with Crippen LogP contribution in [0.1, 0.15) is 17.2 Å². The van der Waals surface area contributed by atoms with E-state index in [1.54, 1.807) is 48.1 Å². The van der Waals surface area contributed by atoms with Crippen molar-refractivity contribution in [2.24, 2.45) is 0 Å². The van der Waals surface area contributed by atoms with Crippen LogP contribution < -0.4 is 26.0 Å². The van der Waals surface area contributed by atoms with Gasteiger partial charge in [0.1, 0.15) is 18.3 Å². The van der Waals surface area contributed by atoms with E-state index in [1.807, 2.05) is 6.07 Å². The Bertz CT molecular complexity index is 1300. The highest BCUT2D eigenvalue weighted by atomic mass is 28.3. The molecule has 0 aliphatic rings. The maximum absolute atomic E-state index is 13.3. The van der Waals surface area contributed by atoms with Crippen LogP contribution in [0.15, 0.2) is 71.8 Å². The molecule has 0 fully saturated rings. The van der Waals surface area contributed by atoms with Gasteiger partial charge in [0, 0.05) is 30.2 Å². The number of nitrogens with one attached hydrogen (secondary N) is 2. The van der Waals surface area contributed by atoms with Gasteiger partial charge in [0.25, 0.3) is 5.91 Å². The van der Waals surface area contributed by atoms with Crippen LogP contribution >= 0.6 is 0 Å². The van der Waals surface area contributed by atoms with Crippen molar-refractivity contribution in [2.45, 2.75) is 32.2 Å². The van der Waals surface area contributed by atoms with E-state index in [9.17, 15) is 19.6 Å². The molecule has 2 amide bonds. The molecule has 2 aromatic carbocycles. The summed E-state index contributed by atoms with van der Waals surface area (Å²) in [5, 5.41) is 16.2. The maximum atomic E-state index is 13.3. The van der Waals surface area contributed by atoms with Gasteiger partial charge < -0.3 is 19.9 Å². The second kappa shape index (κ2) is 10.8. The van der Waals surface area contributed by atoms with Gasteiger partial charge in [-0.1, -0.05) is 37.8 Å². The fourth-order valence-electron chi connectivity index (χ4n) is 3.60. The molecular formula is C26H28N4O4Si. The predicted octanol–water partition coefficient (Wildman–Crippen LogP) is 2.77. The number of hydrogen-bond donors (Lipinski definition) is 2. The second-order valence-electron chi connectivity index (χ2n) is 9.09. The van der Waals surface area contributed by atoms with Gasteiger partial charge in [0.05, 0.1) is 26.8 Å². The summed E-state index contributed by atoms with van der Waals surface area (Å²) < 4.78 is 6.74. The normalized spacial score (nSPS) is 11.7. The lowest BCUT2D eigenvalue weighted by atomic mass is 10.1. The van der Waals surface area contributed by atoms with Gasteiger partial charge in [0.2, 0.25) is 5.91 Å². The molecule has 2 N–H and O–H groups in total. The van der Waals surface area contributed by atoms with Crippen LogP contribution in [0.25, 0.3) is 0 Å². The molecule has 35 heavy (non-hydrogen) atoms. The van der Waals surface area contributed by atoms with Gasteiger partial charge >= 0.3 is 0 Å². The summed E-state index contributed by atoms with van der Waals surface area (Å²) >= 11 is 0. The fraction of sp³-hybridized carbons (Fsp3) is 0.231. The van der Waals surface area contributed by atoms with E-state index in [0.717, 1.165) is 5.19 Å². The largest absolute Gasteiger partial charge is 0.497 e. The highest BCUT2D eigenvalue weighted by Crippen LogP contribution is 2.21. The number of pyridine rings is 1. The molecule has 0 aliphatic heterocycles. The zero-order chi connectivity index (χ0) is 25.6. The molecule has 3 aromatic rings. The first-order chi connectivity index (χ1) is 16.6. The Morgan fingerprint density at radius 3 is 2.29 bits per heavy atom. The van der Waals surface area contributed by atoms with E-state index in [0.29, 0.717) is 22.6 Å². The summed E-state index contributed by atoms with van der Waals surface area (Å²) in [7, 11) is -0.190. The number of ether oxygens (including phenoxy) is 1. The van der Waals surface area contributed by atoms with E-state index in [-0.39, 0.29) is 12.0 Å². The summed E-state index contributed by atoms with van der Waals surface area (Å²) in [6.45, 7) is 6.39. The van der Waals surface area contributed by atoms with Crippen LogP contribution in [-0.4, -0.2) is 31.6 Å². The monoisotopic (exact) mass is 488 g/mol. The number of benzene rings is 2. The second-order valence-corrected chi connectivity index (χ2v) is 14.1. The first kappa shape index (κ1) is 25.5. The first-order valence-electron chi connectivity index (χ1n) is 11.1. The van der Waals surface area contributed by atoms with Gasteiger partial charge in [0.15, 0.2) is 5.43 Å². The molecule has 0 bridgehead atoms. The van der Waals surface area contributed by atoms with Crippen LogP contribution in [0.4, 0.5) is 5.69 Å². The predicted molar refractivity (Wildman–Crippen MR) is 137 cm³/mol. The number of carbonyl (C=O) groups is 2. The molecule has 1 atom stereocenters. The minimum Gasteiger partial charge on any atom is -0.497 e. The van der Waals surface area contributed by atoms with Crippen LogP contribution in [-0.2, 0) is 16.1 Å². The Labute approximate surface area is 205 Å². The molecule has 0 saturated heterocycles. The number of hydrogen-bond acceptors (Lipinski definition) is 5. The third-order valence-electron chi connectivity index (χ3n) is 5.42. The molecule has 0 aliphatic carbocycles. The van der Waals surface area contributed by atoms with Crippen molar-refractivity contribution >= 4 is 30.8 Å². The lowest BCUT2D eigenvalue weighted by Gasteiger charge is -2.21. The molecule has 9 heteroatoms. The van der Waals surface area contributed by atoms with E-state index in [2.05, 4.69) is 36.3 Å². The fourth-order valence-corrected chi connectivity index (χ4v) is 5.12. The van der Waals surface area contributed by atoms with E-state index < -0.39 is 25.9 Å². The third kappa shape index (κ3) is 6.68. The maximum Gasteiger partial charge on any atom is 0.251 e. The van der Waals surface area contributed by atoms with Gasteiger partial charge in [-0.2, -0.15) is 5.26 Å². The van der Waals surface area contributed by atoms with Gasteiger partial charge in [-0.3, -0.25) is 14.4 Å². The highest BCUT2D eigenvalue weighted by Gasteiger charge is 2.25. The lowest BCUT2D eigenvalue weighted by Crippen LogP contribution is -2.40. The number of amides is 2. The SMILES string of the molecule is COc1ccc(C(NC(=O)Cn2ccc(=O)cc2)C(=O)Nc2ccc([Si](C)(C)C)c(C#N)c2)cc1. The van der Waals surface area contributed by atoms with Gasteiger partial charge in [-0.25, -0.2) is 0 Å². The summed E-state index contributed by atoms with van der Waals surface area (Å²) in [6, 6.07) is 16.1. The Morgan fingerprint density at radius 2 is 1.71 bits per heavy atom. The van der Waals surface area contributed by atoms with Crippen LogP contribution in [0.3, 0.4) is 0 Å². The summed E-state index contributed by atoms with van der Waals surface area (Å²) in [5.74, 6) is -0.238. The molecule has 1 heterocycles. The Balaban J connectivity index is 1.85. The number of nitriles is 1. The first-order valence-corrected chi connectivity index (χ1v) is 14.6. The van der Waals surface area contributed by atoms with Crippen LogP contribution in [0, 0.1) is 11.3 Å². The van der Waals surface area contributed by atoms with E-state index in [1.165, 1.54) is 24.5 Å². The quantitative estimate of drug-likeness (QED) is 0.474. The van der Waals surface area contributed by atoms with Gasteiger partial charge in [-0.05, 0) is 35.0 Å². The molecule has 3 rings (SSSR count). The number of nitrogens with zero attached hydrogens (tertiary/aromatic N) is 2. The summed E-state index contributed by atoms with van der Waals surface area (Å²) in [6.07, 6.45) is 3.02. The van der Waals surface area contributed by atoms with Crippen LogP contribution in [0.2, 0.25) is 19.6 Å². The smallest absolute Gasteiger partial charge is 0.251 e.